The molecule has 24 heavy (non-hydrogen) atoms. The Bertz CT molecular complexity index is 785. The summed E-state index contributed by atoms with van der Waals surface area (Å²) in [5.41, 5.74) is 2.23. The molecule has 2 aromatic heterocycles. The highest BCUT2D eigenvalue weighted by molar-refractivity contribution is 5.46. The van der Waals surface area contributed by atoms with E-state index in [0.29, 0.717) is 13.2 Å². The molecule has 1 fully saturated rings. The molecule has 3 rings (SSSR count). The summed E-state index contributed by atoms with van der Waals surface area (Å²) in [5, 5.41) is 0. The number of rotatable bonds is 4. The number of pyridine rings is 1. The Morgan fingerprint density at radius 3 is 3.00 bits per heavy atom. The highest BCUT2D eigenvalue weighted by Gasteiger charge is 2.33. The lowest BCUT2D eigenvalue weighted by molar-refractivity contribution is -0.154. The van der Waals surface area contributed by atoms with Gasteiger partial charge in [-0.25, -0.2) is 4.98 Å². The summed E-state index contributed by atoms with van der Waals surface area (Å²) >= 11 is 0. The van der Waals surface area contributed by atoms with Gasteiger partial charge in [-0.1, -0.05) is 6.07 Å². The summed E-state index contributed by atoms with van der Waals surface area (Å²) in [5.74, 6) is 0. The van der Waals surface area contributed by atoms with Gasteiger partial charge in [0.1, 0.15) is 5.65 Å². The quantitative estimate of drug-likeness (QED) is 0.852. The van der Waals surface area contributed by atoms with Gasteiger partial charge in [-0.2, -0.15) is 0 Å². The minimum atomic E-state index is -0.247. The lowest BCUT2D eigenvalue weighted by Gasteiger charge is -2.42. The predicted molar refractivity (Wildman–Crippen MR) is 92.3 cm³/mol. The third-order valence-corrected chi connectivity index (χ3v) is 4.23. The maximum Gasteiger partial charge on any atom is 0.258 e. The van der Waals surface area contributed by atoms with E-state index in [0.717, 1.165) is 30.0 Å². The van der Waals surface area contributed by atoms with Crippen LogP contribution in [0.1, 0.15) is 25.1 Å². The monoisotopic (exact) mass is 331 g/mol. The molecule has 0 bridgehead atoms. The number of fused-ring (bicyclic) bond motifs is 1. The first-order valence-corrected chi connectivity index (χ1v) is 8.25. The van der Waals surface area contributed by atoms with Crippen LogP contribution >= 0.6 is 0 Å². The number of hydrogen-bond donors (Lipinski definition) is 0. The summed E-state index contributed by atoms with van der Waals surface area (Å²) in [6.07, 6.45) is 1.79. The van der Waals surface area contributed by atoms with Crippen molar-refractivity contribution < 1.29 is 9.47 Å². The van der Waals surface area contributed by atoms with Gasteiger partial charge in [0.2, 0.25) is 0 Å². The Balaban J connectivity index is 1.86. The Kier molecular flexibility index (Phi) is 4.71. The van der Waals surface area contributed by atoms with Crippen molar-refractivity contribution in [2.75, 3.05) is 26.8 Å². The minimum absolute atomic E-state index is 0.0297. The first-order valence-electron chi connectivity index (χ1n) is 8.25. The van der Waals surface area contributed by atoms with Crippen LogP contribution in [0.2, 0.25) is 0 Å². The smallest absolute Gasteiger partial charge is 0.258 e. The van der Waals surface area contributed by atoms with Gasteiger partial charge >= 0.3 is 0 Å². The van der Waals surface area contributed by atoms with E-state index in [2.05, 4.69) is 18.7 Å². The largest absolute Gasteiger partial charge is 0.382 e. The predicted octanol–water partition coefficient (Wildman–Crippen LogP) is 1.63. The molecule has 0 spiro atoms. The Morgan fingerprint density at radius 1 is 1.46 bits per heavy atom. The molecular weight excluding hydrogens is 306 g/mol. The fraction of sp³-hybridized carbons (Fsp3) is 0.556. The van der Waals surface area contributed by atoms with Crippen LogP contribution in [0.5, 0.6) is 0 Å². The topological polar surface area (TPSA) is 56.1 Å². The van der Waals surface area contributed by atoms with Crippen LogP contribution in [-0.4, -0.2) is 52.8 Å². The number of aryl methyl sites for hydroxylation is 1. The van der Waals surface area contributed by atoms with Crippen molar-refractivity contribution in [3.63, 3.8) is 0 Å². The van der Waals surface area contributed by atoms with E-state index in [1.807, 2.05) is 19.1 Å². The third kappa shape index (κ3) is 3.66. The Morgan fingerprint density at radius 2 is 2.25 bits per heavy atom. The zero-order valence-electron chi connectivity index (χ0n) is 14.8. The van der Waals surface area contributed by atoms with Crippen molar-refractivity contribution in [2.24, 2.45) is 0 Å². The van der Waals surface area contributed by atoms with E-state index in [1.165, 1.54) is 0 Å². The minimum Gasteiger partial charge on any atom is -0.382 e. The second-order valence-corrected chi connectivity index (χ2v) is 7.10. The van der Waals surface area contributed by atoms with Crippen molar-refractivity contribution >= 4 is 5.65 Å². The second-order valence-electron chi connectivity index (χ2n) is 7.10. The number of hydrogen-bond acceptors (Lipinski definition) is 5. The molecular formula is C18H25N3O3. The van der Waals surface area contributed by atoms with Gasteiger partial charge < -0.3 is 9.47 Å². The second kappa shape index (κ2) is 6.63. The highest BCUT2D eigenvalue weighted by Crippen LogP contribution is 2.22. The van der Waals surface area contributed by atoms with Gasteiger partial charge in [0, 0.05) is 39.0 Å². The highest BCUT2D eigenvalue weighted by atomic mass is 16.5. The Labute approximate surface area is 142 Å². The fourth-order valence-corrected chi connectivity index (χ4v) is 3.43. The molecule has 2 aromatic rings. The number of nitrogens with zero attached hydrogens (tertiary/aromatic N) is 3. The van der Waals surface area contributed by atoms with Gasteiger partial charge in [0.15, 0.2) is 0 Å². The number of methoxy groups -OCH3 is 1. The molecule has 6 nitrogen and oxygen atoms in total. The summed E-state index contributed by atoms with van der Waals surface area (Å²) in [6, 6.07) is 5.46. The summed E-state index contributed by atoms with van der Waals surface area (Å²) in [4.78, 5) is 19.3. The SMILES string of the molecule is COCC1CN(Cc2cc(=O)n3cccc(C)c3n2)CC(C)(C)O1. The molecule has 1 aliphatic rings. The molecule has 1 saturated heterocycles. The number of ether oxygens (including phenoxy) is 2. The van der Waals surface area contributed by atoms with Crippen LogP contribution in [0.3, 0.4) is 0 Å². The summed E-state index contributed by atoms with van der Waals surface area (Å²) in [6.45, 7) is 8.88. The zero-order chi connectivity index (χ0) is 17.3. The van der Waals surface area contributed by atoms with Crippen LogP contribution in [-0.2, 0) is 16.0 Å². The van der Waals surface area contributed by atoms with Crippen molar-refractivity contribution in [2.45, 2.75) is 39.0 Å². The van der Waals surface area contributed by atoms with Gasteiger partial charge in [-0.05, 0) is 32.4 Å². The van der Waals surface area contributed by atoms with Crippen LogP contribution in [0.25, 0.3) is 5.65 Å². The molecule has 0 aromatic carbocycles. The van der Waals surface area contributed by atoms with E-state index in [4.69, 9.17) is 14.5 Å². The van der Waals surface area contributed by atoms with E-state index < -0.39 is 0 Å². The van der Waals surface area contributed by atoms with Gasteiger partial charge in [-0.15, -0.1) is 0 Å². The first kappa shape index (κ1) is 17.1. The van der Waals surface area contributed by atoms with E-state index in [-0.39, 0.29) is 17.3 Å². The fourth-order valence-electron chi connectivity index (χ4n) is 3.43. The van der Waals surface area contributed by atoms with E-state index >= 15 is 0 Å². The van der Waals surface area contributed by atoms with Crippen molar-refractivity contribution in [1.29, 1.82) is 0 Å². The first-order chi connectivity index (χ1) is 11.4. The summed E-state index contributed by atoms with van der Waals surface area (Å²) in [7, 11) is 1.68. The molecule has 3 heterocycles. The van der Waals surface area contributed by atoms with Crippen LogP contribution in [0.4, 0.5) is 0 Å². The number of morpholine rings is 1. The Hall–Kier alpha value is -1.76. The molecule has 0 saturated carbocycles. The van der Waals surface area contributed by atoms with E-state index in [9.17, 15) is 4.79 Å². The molecule has 0 aliphatic carbocycles. The molecule has 130 valence electrons. The van der Waals surface area contributed by atoms with Crippen molar-refractivity contribution in [1.82, 2.24) is 14.3 Å². The number of aromatic nitrogens is 2. The van der Waals surface area contributed by atoms with E-state index in [1.54, 1.807) is 23.8 Å². The standard InChI is InChI=1S/C18H25N3O3/c1-13-6-5-7-21-16(22)8-14(19-17(13)21)9-20-10-15(11-23-4)24-18(2,3)12-20/h5-8,15H,9-12H2,1-4H3. The maximum atomic E-state index is 12.3. The maximum absolute atomic E-state index is 12.3. The lowest BCUT2D eigenvalue weighted by Crippen LogP contribution is -2.53. The summed E-state index contributed by atoms with van der Waals surface area (Å²) < 4.78 is 12.9. The molecule has 1 atom stereocenters. The lowest BCUT2D eigenvalue weighted by atomic mass is 10.1. The van der Waals surface area contributed by atoms with Crippen LogP contribution in [0.15, 0.2) is 29.2 Å². The van der Waals surface area contributed by atoms with Gasteiger partial charge in [0.05, 0.1) is 24.0 Å². The molecule has 1 aliphatic heterocycles. The molecule has 0 radical (unpaired) electrons. The van der Waals surface area contributed by atoms with Gasteiger partial charge in [0.25, 0.3) is 5.56 Å². The average Bonchev–Trinajstić information content (AvgIpc) is 2.47. The van der Waals surface area contributed by atoms with Crippen LogP contribution < -0.4 is 5.56 Å². The molecule has 1 unspecified atom stereocenters. The molecule has 0 amide bonds. The molecule has 6 heteroatoms. The third-order valence-electron chi connectivity index (χ3n) is 4.23. The van der Waals surface area contributed by atoms with Gasteiger partial charge in [-0.3, -0.25) is 14.1 Å². The average molecular weight is 331 g/mol. The molecule has 0 N–H and O–H groups in total. The normalized spacial score (nSPS) is 21.2. The zero-order valence-corrected chi connectivity index (χ0v) is 14.8. The van der Waals surface area contributed by atoms with Crippen molar-refractivity contribution in [3.05, 3.63) is 46.0 Å². The van der Waals surface area contributed by atoms with Crippen molar-refractivity contribution in [3.8, 4) is 0 Å². The van der Waals surface area contributed by atoms with Crippen LogP contribution in [0, 0.1) is 6.92 Å².